The Morgan fingerprint density at radius 3 is 2.45 bits per heavy atom. The summed E-state index contributed by atoms with van der Waals surface area (Å²) >= 11 is 0. The van der Waals surface area contributed by atoms with Crippen molar-refractivity contribution in [2.75, 3.05) is 11.5 Å². The van der Waals surface area contributed by atoms with Gasteiger partial charge in [-0.05, 0) is 35.7 Å². The number of rotatable bonds is 2. The third kappa shape index (κ3) is 2.16. The van der Waals surface area contributed by atoms with E-state index in [0.717, 1.165) is 17.1 Å². The van der Waals surface area contributed by atoms with Crippen molar-refractivity contribution in [3.05, 3.63) is 54.1 Å². The third-order valence-electron chi connectivity index (χ3n) is 3.52. The van der Waals surface area contributed by atoms with E-state index in [1.54, 1.807) is 4.90 Å². The molecule has 1 heterocycles. The fourth-order valence-electron chi connectivity index (χ4n) is 2.39. The molecule has 0 saturated heterocycles. The highest BCUT2D eigenvalue weighted by molar-refractivity contribution is 6.04. The Bertz CT molecular complexity index is 632. The summed E-state index contributed by atoms with van der Waals surface area (Å²) in [7, 11) is 0. The van der Waals surface area contributed by atoms with Crippen LogP contribution in [0.3, 0.4) is 0 Å². The average Bonchev–Trinajstić information content (AvgIpc) is 2.47. The number of carbonyl (C=O) groups is 1. The topological polar surface area (TPSA) is 29.5 Å². The zero-order valence-electron chi connectivity index (χ0n) is 11.7. The predicted molar refractivity (Wildman–Crippen MR) is 79.6 cm³/mol. The Kier molecular flexibility index (Phi) is 3.18. The molecule has 0 spiro atoms. The molecule has 3 nitrogen and oxygen atoms in total. The summed E-state index contributed by atoms with van der Waals surface area (Å²) in [4.78, 5) is 13.9. The summed E-state index contributed by atoms with van der Waals surface area (Å²) in [5.74, 6) is 1.19. The Morgan fingerprint density at radius 2 is 1.75 bits per heavy atom. The summed E-state index contributed by atoms with van der Waals surface area (Å²) < 4.78 is 5.46. The van der Waals surface area contributed by atoms with Gasteiger partial charge in [-0.2, -0.15) is 0 Å². The fraction of sp³-hybridized carbons (Fsp3) is 0.235. The van der Waals surface area contributed by atoms with Crippen molar-refractivity contribution in [2.24, 2.45) is 0 Å². The van der Waals surface area contributed by atoms with E-state index in [9.17, 15) is 4.79 Å². The first-order valence-corrected chi connectivity index (χ1v) is 6.81. The number of hydrogen-bond acceptors (Lipinski definition) is 2. The molecule has 3 heteroatoms. The van der Waals surface area contributed by atoms with Crippen molar-refractivity contribution in [3.8, 4) is 5.75 Å². The molecule has 0 atom stereocenters. The summed E-state index contributed by atoms with van der Waals surface area (Å²) in [6, 6.07) is 15.8. The number of hydrogen-bond donors (Lipinski definition) is 0. The second-order valence-electron chi connectivity index (χ2n) is 5.23. The summed E-state index contributed by atoms with van der Waals surface area (Å²) in [6.07, 6.45) is 0. The minimum absolute atomic E-state index is 0.0407. The number of fused-ring (bicyclic) bond motifs is 1. The molecule has 0 saturated carbocycles. The second-order valence-corrected chi connectivity index (χ2v) is 5.23. The summed E-state index contributed by atoms with van der Waals surface area (Å²) in [6.45, 7) is 4.40. The Hall–Kier alpha value is -2.29. The van der Waals surface area contributed by atoms with Gasteiger partial charge in [0.1, 0.15) is 5.75 Å². The zero-order valence-corrected chi connectivity index (χ0v) is 11.7. The van der Waals surface area contributed by atoms with E-state index in [1.165, 1.54) is 5.56 Å². The molecule has 102 valence electrons. The van der Waals surface area contributed by atoms with E-state index in [2.05, 4.69) is 26.0 Å². The number of ether oxygens (including phenoxy) is 1. The van der Waals surface area contributed by atoms with Gasteiger partial charge in [0, 0.05) is 5.69 Å². The second kappa shape index (κ2) is 5.00. The maximum absolute atomic E-state index is 12.2. The van der Waals surface area contributed by atoms with Crippen LogP contribution in [0, 0.1) is 0 Å². The summed E-state index contributed by atoms with van der Waals surface area (Å²) in [5.41, 5.74) is 2.96. The van der Waals surface area contributed by atoms with Crippen molar-refractivity contribution in [1.29, 1.82) is 0 Å². The number of para-hydroxylation sites is 2. The third-order valence-corrected chi connectivity index (χ3v) is 3.52. The first-order valence-electron chi connectivity index (χ1n) is 6.81. The smallest absolute Gasteiger partial charge is 0.269 e. The lowest BCUT2D eigenvalue weighted by Gasteiger charge is -2.29. The highest BCUT2D eigenvalue weighted by Gasteiger charge is 2.26. The average molecular weight is 267 g/mol. The Labute approximate surface area is 118 Å². The molecule has 2 aromatic carbocycles. The first kappa shape index (κ1) is 12.7. The largest absolute Gasteiger partial charge is 0.482 e. The van der Waals surface area contributed by atoms with Gasteiger partial charge in [-0.25, -0.2) is 0 Å². The Balaban J connectivity index is 2.02. The van der Waals surface area contributed by atoms with Gasteiger partial charge in [0.05, 0.1) is 5.69 Å². The van der Waals surface area contributed by atoms with E-state index in [-0.39, 0.29) is 12.5 Å². The Morgan fingerprint density at radius 1 is 1.05 bits per heavy atom. The maximum Gasteiger partial charge on any atom is 0.269 e. The molecule has 2 aromatic rings. The minimum atomic E-state index is -0.0407. The summed E-state index contributed by atoms with van der Waals surface area (Å²) in [5, 5.41) is 0. The van der Waals surface area contributed by atoms with Gasteiger partial charge < -0.3 is 4.74 Å². The van der Waals surface area contributed by atoms with Crippen molar-refractivity contribution in [3.63, 3.8) is 0 Å². The molecular formula is C17H17NO2. The van der Waals surface area contributed by atoms with E-state index < -0.39 is 0 Å². The van der Waals surface area contributed by atoms with Gasteiger partial charge in [-0.3, -0.25) is 9.69 Å². The molecule has 0 fully saturated rings. The highest BCUT2D eigenvalue weighted by Crippen LogP contribution is 2.37. The van der Waals surface area contributed by atoms with Crippen LogP contribution in [-0.2, 0) is 4.79 Å². The van der Waals surface area contributed by atoms with E-state index >= 15 is 0 Å². The van der Waals surface area contributed by atoms with Crippen LogP contribution in [0.2, 0.25) is 0 Å². The SMILES string of the molecule is CC(C)c1ccc(N2C(=O)COc3ccccc32)cc1. The van der Waals surface area contributed by atoms with Crippen molar-refractivity contribution in [2.45, 2.75) is 19.8 Å². The number of nitrogens with zero attached hydrogens (tertiary/aromatic N) is 1. The fourth-order valence-corrected chi connectivity index (χ4v) is 2.39. The number of benzene rings is 2. The van der Waals surface area contributed by atoms with Crippen LogP contribution < -0.4 is 9.64 Å². The molecular weight excluding hydrogens is 250 g/mol. The molecule has 20 heavy (non-hydrogen) atoms. The van der Waals surface area contributed by atoms with Gasteiger partial charge >= 0.3 is 0 Å². The molecule has 0 N–H and O–H groups in total. The predicted octanol–water partition coefficient (Wildman–Crippen LogP) is 3.87. The number of carbonyl (C=O) groups excluding carboxylic acids is 1. The van der Waals surface area contributed by atoms with Crippen LogP contribution >= 0.6 is 0 Å². The zero-order chi connectivity index (χ0) is 14.1. The molecule has 1 amide bonds. The molecule has 0 aromatic heterocycles. The van der Waals surface area contributed by atoms with Gasteiger partial charge in [-0.1, -0.05) is 38.1 Å². The van der Waals surface area contributed by atoms with Gasteiger partial charge in [0.25, 0.3) is 5.91 Å². The van der Waals surface area contributed by atoms with Crippen LogP contribution in [0.15, 0.2) is 48.5 Å². The molecule has 1 aliphatic rings. The van der Waals surface area contributed by atoms with Crippen LogP contribution in [0.5, 0.6) is 5.75 Å². The first-order chi connectivity index (χ1) is 9.66. The van der Waals surface area contributed by atoms with Crippen molar-refractivity contribution < 1.29 is 9.53 Å². The molecule has 0 aliphatic carbocycles. The van der Waals surface area contributed by atoms with Gasteiger partial charge in [-0.15, -0.1) is 0 Å². The molecule has 0 bridgehead atoms. The lowest BCUT2D eigenvalue weighted by atomic mass is 10.0. The van der Waals surface area contributed by atoms with Crippen molar-refractivity contribution in [1.82, 2.24) is 0 Å². The minimum Gasteiger partial charge on any atom is -0.482 e. The normalized spacial score (nSPS) is 14.2. The highest BCUT2D eigenvalue weighted by atomic mass is 16.5. The van der Waals surface area contributed by atoms with Gasteiger partial charge in [0.15, 0.2) is 6.61 Å². The number of amides is 1. The molecule has 0 unspecified atom stereocenters. The monoisotopic (exact) mass is 267 g/mol. The lowest BCUT2D eigenvalue weighted by molar-refractivity contribution is -0.120. The van der Waals surface area contributed by atoms with E-state index in [4.69, 9.17) is 4.74 Å². The van der Waals surface area contributed by atoms with Crippen molar-refractivity contribution >= 4 is 17.3 Å². The van der Waals surface area contributed by atoms with Crippen LogP contribution in [-0.4, -0.2) is 12.5 Å². The number of anilines is 2. The maximum atomic E-state index is 12.2. The molecule has 3 rings (SSSR count). The van der Waals surface area contributed by atoms with E-state index in [1.807, 2.05) is 36.4 Å². The molecule has 0 radical (unpaired) electrons. The lowest BCUT2D eigenvalue weighted by Crippen LogP contribution is -2.35. The quantitative estimate of drug-likeness (QED) is 0.826. The van der Waals surface area contributed by atoms with Crippen LogP contribution in [0.4, 0.5) is 11.4 Å². The van der Waals surface area contributed by atoms with Gasteiger partial charge in [0.2, 0.25) is 0 Å². The molecule has 1 aliphatic heterocycles. The van der Waals surface area contributed by atoms with Crippen LogP contribution in [0.25, 0.3) is 0 Å². The van der Waals surface area contributed by atoms with Crippen LogP contribution in [0.1, 0.15) is 25.3 Å². The standard InChI is InChI=1S/C17H17NO2/c1-12(2)13-7-9-14(10-8-13)18-15-5-3-4-6-16(15)20-11-17(18)19/h3-10,12H,11H2,1-2H3. The van der Waals surface area contributed by atoms with E-state index in [0.29, 0.717) is 5.92 Å².